The first kappa shape index (κ1) is 16.5. The molecule has 8 heteroatoms. The molecule has 2 fully saturated rings. The molecule has 7 nitrogen and oxygen atoms in total. The third-order valence-corrected chi connectivity index (χ3v) is 4.44. The average Bonchev–Trinajstić information content (AvgIpc) is 2.93. The number of thioether (sulfide) groups is 1. The fraction of sp³-hybridized carbons (Fsp3) is 0.846. The Hall–Kier alpha value is -0.830. The Balaban J connectivity index is 1.57. The van der Waals surface area contributed by atoms with Gasteiger partial charge in [0.1, 0.15) is 5.60 Å². The van der Waals surface area contributed by atoms with Gasteiger partial charge >= 0.3 is 0 Å². The molecule has 2 rings (SSSR count). The first-order chi connectivity index (χ1) is 10.1. The van der Waals surface area contributed by atoms with Gasteiger partial charge in [0.15, 0.2) is 0 Å². The number of rotatable bonds is 6. The molecule has 1 unspecified atom stereocenters. The molecule has 2 saturated heterocycles. The number of hydrogen-bond donors (Lipinski definition) is 2. The first-order valence-corrected chi connectivity index (χ1v) is 8.25. The van der Waals surface area contributed by atoms with Gasteiger partial charge in [-0.25, -0.2) is 0 Å². The van der Waals surface area contributed by atoms with Crippen molar-refractivity contribution in [1.82, 2.24) is 10.2 Å². The van der Waals surface area contributed by atoms with Crippen LogP contribution in [0.2, 0.25) is 0 Å². The lowest BCUT2D eigenvalue weighted by molar-refractivity contribution is -0.132. The Morgan fingerprint density at radius 1 is 1.19 bits per heavy atom. The van der Waals surface area contributed by atoms with Gasteiger partial charge in [-0.3, -0.25) is 9.59 Å². The minimum absolute atomic E-state index is 0.0407. The van der Waals surface area contributed by atoms with Crippen LogP contribution in [0.3, 0.4) is 0 Å². The Morgan fingerprint density at radius 2 is 1.95 bits per heavy atom. The van der Waals surface area contributed by atoms with E-state index >= 15 is 0 Å². The van der Waals surface area contributed by atoms with Gasteiger partial charge in [0.05, 0.1) is 31.3 Å². The van der Waals surface area contributed by atoms with Gasteiger partial charge in [0.25, 0.3) is 0 Å². The number of nitrogens with zero attached hydrogens (tertiary/aromatic N) is 1. The summed E-state index contributed by atoms with van der Waals surface area (Å²) in [4.78, 5) is 25.3. The molecule has 120 valence electrons. The van der Waals surface area contributed by atoms with Crippen LogP contribution in [0.5, 0.6) is 0 Å². The summed E-state index contributed by atoms with van der Waals surface area (Å²) >= 11 is 1.29. The van der Waals surface area contributed by atoms with Gasteiger partial charge in [0.2, 0.25) is 11.8 Å². The van der Waals surface area contributed by atoms with Crippen molar-refractivity contribution in [2.24, 2.45) is 0 Å². The highest BCUT2D eigenvalue weighted by Gasteiger charge is 2.32. The van der Waals surface area contributed by atoms with E-state index in [1.807, 2.05) is 0 Å². The number of morpholine rings is 1. The van der Waals surface area contributed by atoms with Gasteiger partial charge in [-0.2, -0.15) is 0 Å². The molecule has 2 heterocycles. The molecule has 1 atom stereocenters. The monoisotopic (exact) mass is 318 g/mol. The van der Waals surface area contributed by atoms with Crippen molar-refractivity contribution < 1.29 is 24.2 Å². The van der Waals surface area contributed by atoms with Gasteiger partial charge in [-0.15, -0.1) is 11.8 Å². The Kier molecular flexibility index (Phi) is 6.28. The first-order valence-electron chi connectivity index (χ1n) is 7.09. The molecule has 2 amide bonds. The topological polar surface area (TPSA) is 88.1 Å². The van der Waals surface area contributed by atoms with E-state index in [-0.39, 0.29) is 30.7 Å². The predicted octanol–water partition coefficient (Wildman–Crippen LogP) is -1.15. The molecular weight excluding hydrogens is 296 g/mol. The maximum atomic E-state index is 11.9. The van der Waals surface area contributed by atoms with Crippen molar-refractivity contribution in [1.29, 1.82) is 0 Å². The van der Waals surface area contributed by atoms with Gasteiger partial charge in [0, 0.05) is 32.7 Å². The summed E-state index contributed by atoms with van der Waals surface area (Å²) in [5, 5.41) is 12.7. The van der Waals surface area contributed by atoms with E-state index in [9.17, 15) is 14.7 Å². The Morgan fingerprint density at radius 3 is 2.62 bits per heavy atom. The van der Waals surface area contributed by atoms with Crippen molar-refractivity contribution >= 4 is 23.6 Å². The quantitative estimate of drug-likeness (QED) is 0.643. The van der Waals surface area contributed by atoms with Crippen LogP contribution < -0.4 is 5.32 Å². The second-order valence-corrected chi connectivity index (χ2v) is 6.28. The number of amides is 2. The second-order valence-electron chi connectivity index (χ2n) is 5.29. The maximum Gasteiger partial charge on any atom is 0.232 e. The highest BCUT2D eigenvalue weighted by atomic mass is 32.2. The summed E-state index contributed by atoms with van der Waals surface area (Å²) in [6.45, 7) is 3.39. The summed E-state index contributed by atoms with van der Waals surface area (Å²) < 4.78 is 10.3. The lowest BCUT2D eigenvalue weighted by Gasteiger charge is -2.26. The van der Waals surface area contributed by atoms with E-state index in [2.05, 4.69) is 5.32 Å². The molecule has 0 spiro atoms. The second kappa shape index (κ2) is 7.98. The summed E-state index contributed by atoms with van der Waals surface area (Å²) in [7, 11) is 0. The zero-order chi connectivity index (χ0) is 15.1. The van der Waals surface area contributed by atoms with Crippen molar-refractivity contribution in [3.05, 3.63) is 0 Å². The van der Waals surface area contributed by atoms with Crippen molar-refractivity contribution in [2.75, 3.05) is 57.6 Å². The number of nitrogens with one attached hydrogen (secondary N) is 1. The molecule has 0 aromatic carbocycles. The predicted molar refractivity (Wildman–Crippen MR) is 78.1 cm³/mol. The average molecular weight is 318 g/mol. The van der Waals surface area contributed by atoms with E-state index in [1.165, 1.54) is 11.8 Å². The summed E-state index contributed by atoms with van der Waals surface area (Å²) in [6, 6.07) is 0. The SMILES string of the molecule is O=C(CSCC(=O)N1CCOCC1)NCC1(O)CCOC1. The van der Waals surface area contributed by atoms with Crippen LogP contribution in [0.1, 0.15) is 6.42 Å². The van der Waals surface area contributed by atoms with Crippen LogP contribution in [0.4, 0.5) is 0 Å². The summed E-state index contributed by atoms with van der Waals surface area (Å²) in [5.74, 6) is 0.377. The molecular formula is C13H22N2O5S. The molecule has 2 aliphatic rings. The van der Waals surface area contributed by atoms with Crippen LogP contribution in [-0.4, -0.2) is 85.0 Å². The Bertz CT molecular complexity index is 368. The van der Waals surface area contributed by atoms with Gasteiger partial charge in [-0.1, -0.05) is 0 Å². The molecule has 0 saturated carbocycles. The molecule has 0 aromatic rings. The molecule has 21 heavy (non-hydrogen) atoms. The molecule has 0 bridgehead atoms. The van der Waals surface area contributed by atoms with Gasteiger partial charge in [-0.05, 0) is 0 Å². The van der Waals surface area contributed by atoms with Crippen LogP contribution in [0.15, 0.2) is 0 Å². The highest BCUT2D eigenvalue weighted by molar-refractivity contribution is 8.00. The largest absolute Gasteiger partial charge is 0.386 e. The third-order valence-electron chi connectivity index (χ3n) is 3.52. The third kappa shape index (κ3) is 5.46. The lowest BCUT2D eigenvalue weighted by atomic mass is 10.0. The number of carbonyl (C=O) groups excluding carboxylic acids is 2. The van der Waals surface area contributed by atoms with Gasteiger partial charge < -0.3 is 24.8 Å². The fourth-order valence-electron chi connectivity index (χ4n) is 2.19. The summed E-state index contributed by atoms with van der Waals surface area (Å²) in [6.07, 6.45) is 0.538. The van der Waals surface area contributed by atoms with E-state index < -0.39 is 5.60 Å². The highest BCUT2D eigenvalue weighted by Crippen LogP contribution is 2.16. The van der Waals surface area contributed by atoms with E-state index in [0.717, 1.165) is 0 Å². The van der Waals surface area contributed by atoms with E-state index in [0.29, 0.717) is 45.1 Å². The van der Waals surface area contributed by atoms with E-state index in [4.69, 9.17) is 9.47 Å². The molecule has 0 radical (unpaired) electrons. The van der Waals surface area contributed by atoms with Crippen molar-refractivity contribution in [3.63, 3.8) is 0 Å². The van der Waals surface area contributed by atoms with Crippen molar-refractivity contribution in [2.45, 2.75) is 12.0 Å². The van der Waals surface area contributed by atoms with Crippen LogP contribution >= 0.6 is 11.8 Å². The Labute approximate surface area is 128 Å². The molecule has 0 aromatic heterocycles. The van der Waals surface area contributed by atoms with Crippen molar-refractivity contribution in [3.8, 4) is 0 Å². The fourth-order valence-corrected chi connectivity index (χ4v) is 2.93. The number of ether oxygens (including phenoxy) is 2. The zero-order valence-corrected chi connectivity index (χ0v) is 12.8. The zero-order valence-electron chi connectivity index (χ0n) is 12.0. The number of aliphatic hydroxyl groups is 1. The van der Waals surface area contributed by atoms with Crippen LogP contribution in [-0.2, 0) is 19.1 Å². The maximum absolute atomic E-state index is 11.9. The normalized spacial score (nSPS) is 25.9. The number of hydrogen-bond acceptors (Lipinski definition) is 6. The summed E-state index contributed by atoms with van der Waals surface area (Å²) in [5.41, 5.74) is -0.941. The standard InChI is InChI=1S/C13H22N2O5S/c16-11(14-9-13(18)1-4-20-10-13)7-21-8-12(17)15-2-5-19-6-3-15/h18H,1-10H2,(H,14,16). The molecule has 0 aliphatic carbocycles. The van der Waals surface area contributed by atoms with E-state index in [1.54, 1.807) is 4.90 Å². The molecule has 2 N–H and O–H groups in total. The minimum atomic E-state index is -0.941. The smallest absolute Gasteiger partial charge is 0.232 e. The van der Waals surface area contributed by atoms with Crippen LogP contribution in [0.25, 0.3) is 0 Å². The number of carbonyl (C=O) groups is 2. The minimum Gasteiger partial charge on any atom is -0.386 e. The van der Waals surface area contributed by atoms with Crippen LogP contribution in [0, 0.1) is 0 Å². The molecule has 2 aliphatic heterocycles. The lowest BCUT2D eigenvalue weighted by Crippen LogP contribution is -2.44.